The molecule has 0 aromatic carbocycles. The van der Waals surface area contributed by atoms with Crippen LogP contribution in [0.4, 0.5) is 5.82 Å². The van der Waals surface area contributed by atoms with Gasteiger partial charge in [-0.3, -0.25) is 9.78 Å². The predicted molar refractivity (Wildman–Crippen MR) is 65.3 cm³/mol. The normalized spacial score (nSPS) is 10.3. The highest BCUT2D eigenvalue weighted by molar-refractivity contribution is 7.16. The standard InChI is InChI=1S/C10H11N5OS/c1-6(16)9-13-14-10(17-9)7-4-11-5-8(12-7)15(2)3/h4-5H,1-3H3. The van der Waals surface area contributed by atoms with Crippen molar-refractivity contribution in [3.8, 4) is 10.7 Å². The summed E-state index contributed by atoms with van der Waals surface area (Å²) in [4.78, 5) is 21.4. The summed E-state index contributed by atoms with van der Waals surface area (Å²) in [6, 6.07) is 0. The largest absolute Gasteiger partial charge is 0.361 e. The lowest BCUT2D eigenvalue weighted by atomic mass is 10.4. The van der Waals surface area contributed by atoms with E-state index in [9.17, 15) is 4.79 Å². The quantitative estimate of drug-likeness (QED) is 0.763. The van der Waals surface area contributed by atoms with Gasteiger partial charge in [0.05, 0.1) is 12.4 Å². The maximum atomic E-state index is 11.1. The van der Waals surface area contributed by atoms with Gasteiger partial charge in [0.25, 0.3) is 0 Å². The molecule has 0 atom stereocenters. The Morgan fingerprint density at radius 1 is 1.29 bits per heavy atom. The molecule has 0 fully saturated rings. The molecule has 2 rings (SSSR count). The minimum atomic E-state index is -0.0922. The van der Waals surface area contributed by atoms with Gasteiger partial charge in [-0.2, -0.15) is 0 Å². The number of carbonyl (C=O) groups excluding carboxylic acids is 1. The van der Waals surface area contributed by atoms with Crippen molar-refractivity contribution in [3.63, 3.8) is 0 Å². The molecule has 2 aromatic rings. The Bertz CT molecular complexity index is 551. The molecule has 0 unspecified atom stereocenters. The second-order valence-electron chi connectivity index (χ2n) is 3.63. The summed E-state index contributed by atoms with van der Waals surface area (Å²) >= 11 is 1.22. The summed E-state index contributed by atoms with van der Waals surface area (Å²) < 4.78 is 0. The third kappa shape index (κ3) is 2.44. The maximum Gasteiger partial charge on any atom is 0.190 e. The van der Waals surface area contributed by atoms with Crippen molar-refractivity contribution in [2.75, 3.05) is 19.0 Å². The number of ketones is 1. The third-order valence-electron chi connectivity index (χ3n) is 2.03. The molecule has 0 amide bonds. The van der Waals surface area contributed by atoms with Crippen LogP contribution in [0.3, 0.4) is 0 Å². The van der Waals surface area contributed by atoms with E-state index >= 15 is 0 Å². The van der Waals surface area contributed by atoms with Gasteiger partial charge < -0.3 is 4.90 Å². The van der Waals surface area contributed by atoms with Gasteiger partial charge in [0.1, 0.15) is 11.5 Å². The highest BCUT2D eigenvalue weighted by Gasteiger charge is 2.12. The number of hydrogen-bond acceptors (Lipinski definition) is 7. The number of rotatable bonds is 3. The molecule has 17 heavy (non-hydrogen) atoms. The summed E-state index contributed by atoms with van der Waals surface area (Å²) in [5.74, 6) is 0.646. The fraction of sp³-hybridized carbons (Fsp3) is 0.300. The van der Waals surface area contributed by atoms with Gasteiger partial charge in [-0.25, -0.2) is 4.98 Å². The van der Waals surface area contributed by atoms with Crippen LogP contribution in [0, 0.1) is 0 Å². The van der Waals surface area contributed by atoms with Crippen molar-refractivity contribution < 1.29 is 4.79 Å². The number of Topliss-reactive ketones (excluding diaryl/α,β-unsaturated/α-hetero) is 1. The van der Waals surface area contributed by atoms with E-state index in [4.69, 9.17) is 0 Å². The maximum absolute atomic E-state index is 11.1. The van der Waals surface area contributed by atoms with Gasteiger partial charge in [0, 0.05) is 21.0 Å². The molecule has 2 heterocycles. The summed E-state index contributed by atoms with van der Waals surface area (Å²) in [7, 11) is 3.77. The van der Waals surface area contributed by atoms with E-state index in [1.54, 1.807) is 12.4 Å². The molecular formula is C10H11N5OS. The molecular weight excluding hydrogens is 238 g/mol. The minimum Gasteiger partial charge on any atom is -0.361 e. The Morgan fingerprint density at radius 3 is 2.65 bits per heavy atom. The van der Waals surface area contributed by atoms with Crippen molar-refractivity contribution in [2.45, 2.75) is 6.92 Å². The van der Waals surface area contributed by atoms with Crippen LogP contribution >= 0.6 is 11.3 Å². The Kier molecular flexibility index (Phi) is 3.10. The lowest BCUT2D eigenvalue weighted by Gasteiger charge is -2.10. The van der Waals surface area contributed by atoms with Crippen molar-refractivity contribution in [3.05, 3.63) is 17.4 Å². The lowest BCUT2D eigenvalue weighted by Crippen LogP contribution is -2.11. The molecule has 0 aliphatic heterocycles. The first-order chi connectivity index (χ1) is 8.08. The molecule has 0 saturated heterocycles. The zero-order valence-electron chi connectivity index (χ0n) is 9.71. The molecule has 0 radical (unpaired) electrons. The number of anilines is 1. The van der Waals surface area contributed by atoms with Crippen LogP contribution in [0.5, 0.6) is 0 Å². The van der Waals surface area contributed by atoms with Gasteiger partial charge in [-0.05, 0) is 0 Å². The first kappa shape index (κ1) is 11.6. The zero-order chi connectivity index (χ0) is 12.4. The molecule has 88 valence electrons. The van der Waals surface area contributed by atoms with Crippen LogP contribution in [0.1, 0.15) is 16.7 Å². The van der Waals surface area contributed by atoms with Crippen molar-refractivity contribution in [2.24, 2.45) is 0 Å². The highest BCUT2D eigenvalue weighted by Crippen LogP contribution is 2.22. The van der Waals surface area contributed by atoms with Gasteiger partial charge in [-0.15, -0.1) is 10.2 Å². The molecule has 0 spiro atoms. The smallest absolute Gasteiger partial charge is 0.190 e. The van der Waals surface area contributed by atoms with Crippen LogP contribution in [0.2, 0.25) is 0 Å². The number of nitrogens with zero attached hydrogens (tertiary/aromatic N) is 5. The average molecular weight is 249 g/mol. The van der Waals surface area contributed by atoms with E-state index in [-0.39, 0.29) is 5.78 Å². The monoisotopic (exact) mass is 249 g/mol. The lowest BCUT2D eigenvalue weighted by molar-refractivity contribution is 0.101. The highest BCUT2D eigenvalue weighted by atomic mass is 32.1. The summed E-state index contributed by atoms with van der Waals surface area (Å²) in [6.07, 6.45) is 3.27. The van der Waals surface area contributed by atoms with Crippen molar-refractivity contribution >= 4 is 22.9 Å². The Balaban J connectivity index is 2.38. The van der Waals surface area contributed by atoms with E-state index in [0.717, 1.165) is 5.82 Å². The summed E-state index contributed by atoms with van der Waals surface area (Å²) in [6.45, 7) is 1.46. The van der Waals surface area contributed by atoms with E-state index in [1.807, 2.05) is 19.0 Å². The Labute approximate surface area is 102 Å². The molecule has 0 aliphatic rings. The Hall–Kier alpha value is -1.89. The van der Waals surface area contributed by atoms with E-state index in [0.29, 0.717) is 15.7 Å². The molecule has 0 bridgehead atoms. The van der Waals surface area contributed by atoms with Gasteiger partial charge >= 0.3 is 0 Å². The van der Waals surface area contributed by atoms with Crippen molar-refractivity contribution in [1.29, 1.82) is 0 Å². The van der Waals surface area contributed by atoms with Gasteiger partial charge in [-0.1, -0.05) is 11.3 Å². The Morgan fingerprint density at radius 2 is 2.06 bits per heavy atom. The molecule has 0 saturated carbocycles. The van der Waals surface area contributed by atoms with E-state index in [2.05, 4.69) is 20.2 Å². The molecule has 7 heteroatoms. The second kappa shape index (κ2) is 4.54. The van der Waals surface area contributed by atoms with Crippen LogP contribution < -0.4 is 4.90 Å². The number of carbonyl (C=O) groups is 1. The topological polar surface area (TPSA) is 71.9 Å². The predicted octanol–water partition coefficient (Wildman–Crippen LogP) is 1.26. The van der Waals surface area contributed by atoms with E-state index < -0.39 is 0 Å². The van der Waals surface area contributed by atoms with Crippen LogP contribution in [-0.2, 0) is 0 Å². The van der Waals surface area contributed by atoms with Crippen LogP contribution in [-0.4, -0.2) is 40.0 Å². The fourth-order valence-electron chi connectivity index (χ4n) is 1.14. The molecule has 0 N–H and O–H groups in total. The van der Waals surface area contributed by atoms with Gasteiger partial charge in [0.15, 0.2) is 15.8 Å². The molecule has 2 aromatic heterocycles. The van der Waals surface area contributed by atoms with Crippen LogP contribution in [0.15, 0.2) is 12.4 Å². The summed E-state index contributed by atoms with van der Waals surface area (Å²) in [5, 5.41) is 8.73. The average Bonchev–Trinajstić information content (AvgIpc) is 2.78. The first-order valence-electron chi connectivity index (χ1n) is 4.92. The first-order valence-corrected chi connectivity index (χ1v) is 5.74. The van der Waals surface area contributed by atoms with Crippen molar-refractivity contribution in [1.82, 2.24) is 20.2 Å². The summed E-state index contributed by atoms with van der Waals surface area (Å²) in [5.41, 5.74) is 0.626. The van der Waals surface area contributed by atoms with Crippen LogP contribution in [0.25, 0.3) is 10.7 Å². The number of hydrogen-bond donors (Lipinski definition) is 0. The SMILES string of the molecule is CC(=O)c1nnc(-c2cncc(N(C)C)n2)s1. The zero-order valence-corrected chi connectivity index (χ0v) is 10.5. The minimum absolute atomic E-state index is 0.0922. The van der Waals surface area contributed by atoms with E-state index in [1.165, 1.54) is 18.3 Å². The molecule has 0 aliphatic carbocycles. The second-order valence-corrected chi connectivity index (χ2v) is 4.60. The molecule has 6 nitrogen and oxygen atoms in total. The van der Waals surface area contributed by atoms with Gasteiger partial charge in [0.2, 0.25) is 0 Å². The number of aromatic nitrogens is 4. The third-order valence-corrected chi connectivity index (χ3v) is 3.07. The fourth-order valence-corrected chi connectivity index (χ4v) is 1.84.